The van der Waals surface area contributed by atoms with Crippen LogP contribution < -0.4 is 15.8 Å². The number of rotatable bonds is 11. The summed E-state index contributed by atoms with van der Waals surface area (Å²) in [5.41, 5.74) is 6.98. The summed E-state index contributed by atoms with van der Waals surface area (Å²) in [5.74, 6) is -0.521. The topological polar surface area (TPSA) is 64.3 Å². The highest BCUT2D eigenvalue weighted by Crippen LogP contribution is 2.21. The van der Waals surface area contributed by atoms with Crippen LogP contribution in [0.2, 0.25) is 0 Å². The van der Waals surface area contributed by atoms with Gasteiger partial charge in [0.15, 0.2) is 11.6 Å². The Labute approximate surface area is 156 Å². The predicted octanol–water partition coefficient (Wildman–Crippen LogP) is 4.60. The molecule has 0 saturated heterocycles. The molecule has 0 spiro atoms. The maximum atomic E-state index is 14.5. The molecule has 0 radical (unpaired) electrons. The molecule has 1 amide bonds. The predicted molar refractivity (Wildman–Crippen MR) is 104 cm³/mol. The third-order valence-corrected chi connectivity index (χ3v) is 3.93. The van der Waals surface area contributed by atoms with E-state index in [4.69, 9.17) is 10.5 Å². The minimum absolute atomic E-state index is 0.0778. The van der Waals surface area contributed by atoms with Crippen LogP contribution in [0.1, 0.15) is 58.4 Å². The summed E-state index contributed by atoms with van der Waals surface area (Å²) >= 11 is 0. The van der Waals surface area contributed by atoms with Crippen LogP contribution in [0.3, 0.4) is 0 Å². The highest BCUT2D eigenvalue weighted by molar-refractivity contribution is 5.96. The first-order valence-electron chi connectivity index (χ1n) is 9.32. The molecule has 0 aliphatic carbocycles. The highest BCUT2D eigenvalue weighted by Gasteiger charge is 2.12. The van der Waals surface area contributed by atoms with Gasteiger partial charge in [0.05, 0.1) is 12.2 Å². The Morgan fingerprint density at radius 3 is 2.69 bits per heavy atom. The fourth-order valence-electron chi connectivity index (χ4n) is 2.41. The molecule has 0 atom stereocenters. The van der Waals surface area contributed by atoms with Crippen LogP contribution in [0.5, 0.6) is 5.75 Å². The zero-order valence-electron chi connectivity index (χ0n) is 16.1. The van der Waals surface area contributed by atoms with Crippen LogP contribution in [0.25, 0.3) is 0 Å². The molecule has 1 rings (SSSR count). The average Bonchev–Trinajstić information content (AvgIpc) is 2.61. The van der Waals surface area contributed by atoms with Gasteiger partial charge >= 0.3 is 0 Å². The zero-order valence-corrected chi connectivity index (χ0v) is 16.1. The molecule has 1 aromatic rings. The highest BCUT2D eigenvalue weighted by atomic mass is 19.1. The summed E-state index contributed by atoms with van der Waals surface area (Å²) in [7, 11) is 0. The number of unbranched alkanes of at least 4 members (excludes halogenated alkanes) is 3. The van der Waals surface area contributed by atoms with Gasteiger partial charge in [-0.2, -0.15) is 0 Å². The molecule has 0 aliphatic heterocycles. The van der Waals surface area contributed by atoms with E-state index >= 15 is 0 Å². The molecule has 26 heavy (non-hydrogen) atoms. The number of ether oxygens (including phenoxy) is 1. The van der Waals surface area contributed by atoms with E-state index in [1.807, 2.05) is 13.0 Å². The molecule has 1 aromatic carbocycles. The number of halogens is 1. The van der Waals surface area contributed by atoms with Crippen LogP contribution in [-0.2, 0) is 11.3 Å². The lowest BCUT2D eigenvalue weighted by atomic mass is 10.1. The van der Waals surface area contributed by atoms with Gasteiger partial charge in [-0.05, 0) is 25.8 Å². The second-order valence-electron chi connectivity index (χ2n) is 6.23. The van der Waals surface area contributed by atoms with Gasteiger partial charge in [-0.25, -0.2) is 4.39 Å². The quantitative estimate of drug-likeness (QED) is 0.343. The molecule has 5 heteroatoms. The van der Waals surface area contributed by atoms with E-state index in [-0.39, 0.29) is 18.2 Å². The van der Waals surface area contributed by atoms with E-state index in [2.05, 4.69) is 12.2 Å². The first kappa shape index (κ1) is 21.7. The second kappa shape index (κ2) is 12.1. The summed E-state index contributed by atoms with van der Waals surface area (Å²) in [6.45, 7) is 6.36. The van der Waals surface area contributed by atoms with Gasteiger partial charge < -0.3 is 15.8 Å². The van der Waals surface area contributed by atoms with E-state index in [0.717, 1.165) is 32.1 Å². The smallest absolute Gasteiger partial charge is 0.253 e. The summed E-state index contributed by atoms with van der Waals surface area (Å²) in [5, 5.41) is 2.72. The lowest BCUT2D eigenvalue weighted by molar-refractivity contribution is -0.117. The summed E-state index contributed by atoms with van der Waals surface area (Å²) in [6.07, 6.45) is 8.64. The Morgan fingerprint density at radius 1 is 1.27 bits per heavy atom. The molecule has 4 nitrogen and oxygen atoms in total. The fourth-order valence-corrected chi connectivity index (χ4v) is 2.41. The van der Waals surface area contributed by atoms with Gasteiger partial charge in [0.2, 0.25) is 0 Å². The molecule has 3 N–H and O–H groups in total. The van der Waals surface area contributed by atoms with Crippen LogP contribution in [0.15, 0.2) is 41.6 Å². The van der Waals surface area contributed by atoms with E-state index in [0.29, 0.717) is 23.4 Å². The number of benzene rings is 1. The number of nitrogens with one attached hydrogen (secondary N) is 1. The molecular weight excluding hydrogens is 331 g/mol. The number of hydrogen-bond donors (Lipinski definition) is 2. The van der Waals surface area contributed by atoms with Crippen molar-refractivity contribution < 1.29 is 13.9 Å². The lowest BCUT2D eigenvalue weighted by Crippen LogP contribution is -2.26. The van der Waals surface area contributed by atoms with Gasteiger partial charge in [0.1, 0.15) is 0 Å². The molecule has 0 saturated carbocycles. The molecule has 0 bridgehead atoms. The first-order valence-corrected chi connectivity index (χ1v) is 9.32. The lowest BCUT2D eigenvalue weighted by Gasteiger charge is -2.12. The number of hydrogen-bond acceptors (Lipinski definition) is 3. The monoisotopic (exact) mass is 362 g/mol. The molecule has 0 unspecified atom stereocenters. The Balaban J connectivity index is 2.67. The van der Waals surface area contributed by atoms with Crippen molar-refractivity contribution in [1.29, 1.82) is 0 Å². The number of nitrogens with two attached hydrogens (primary N) is 1. The molecule has 0 fully saturated rings. The van der Waals surface area contributed by atoms with Crippen molar-refractivity contribution in [2.75, 3.05) is 6.61 Å². The average molecular weight is 362 g/mol. The SMILES string of the molecule is CC/C=C\C(C(=O)NCc1cccc(OCCCCCC)c1F)=C(/C)N. The normalized spacial score (nSPS) is 12.2. The zero-order chi connectivity index (χ0) is 19.4. The third kappa shape index (κ3) is 7.30. The largest absolute Gasteiger partial charge is 0.491 e. The Kier molecular flexibility index (Phi) is 10.1. The van der Waals surface area contributed by atoms with E-state index in [9.17, 15) is 9.18 Å². The van der Waals surface area contributed by atoms with Crippen molar-refractivity contribution in [2.45, 2.75) is 59.4 Å². The van der Waals surface area contributed by atoms with Crippen LogP contribution in [-0.4, -0.2) is 12.5 Å². The van der Waals surface area contributed by atoms with Crippen molar-refractivity contribution in [1.82, 2.24) is 5.32 Å². The van der Waals surface area contributed by atoms with Gasteiger partial charge in [0.25, 0.3) is 5.91 Å². The first-order chi connectivity index (χ1) is 12.5. The van der Waals surface area contributed by atoms with Crippen molar-refractivity contribution in [3.05, 3.63) is 53.0 Å². The number of carbonyl (C=O) groups excluding carboxylic acids is 1. The van der Waals surface area contributed by atoms with Crippen molar-refractivity contribution in [2.24, 2.45) is 5.73 Å². The van der Waals surface area contributed by atoms with Gasteiger partial charge in [-0.3, -0.25) is 4.79 Å². The molecule has 144 valence electrons. The third-order valence-electron chi connectivity index (χ3n) is 3.93. The van der Waals surface area contributed by atoms with Crippen molar-refractivity contribution in [3.8, 4) is 5.75 Å². The van der Waals surface area contributed by atoms with Crippen LogP contribution in [0.4, 0.5) is 4.39 Å². The van der Waals surface area contributed by atoms with Gasteiger partial charge in [0, 0.05) is 17.8 Å². The molecule has 0 heterocycles. The standard InChI is InChI=1S/C21H31FN2O2/c1-4-6-8-9-14-26-19-13-10-11-17(20(19)22)15-24-21(25)18(16(3)23)12-7-5-2/h7,10-13H,4-6,8-9,14-15,23H2,1-3H3,(H,24,25)/b12-7-,18-16-. The molecule has 0 aliphatic rings. The van der Waals surface area contributed by atoms with Crippen LogP contribution >= 0.6 is 0 Å². The summed E-state index contributed by atoms with van der Waals surface area (Å²) in [4.78, 5) is 12.3. The molecular formula is C21H31FN2O2. The maximum absolute atomic E-state index is 14.5. The van der Waals surface area contributed by atoms with E-state index in [1.54, 1.807) is 31.2 Å². The van der Waals surface area contributed by atoms with Gasteiger partial charge in [-0.1, -0.05) is 57.4 Å². The van der Waals surface area contributed by atoms with E-state index in [1.165, 1.54) is 0 Å². The fraction of sp³-hybridized carbons (Fsp3) is 0.476. The minimum Gasteiger partial charge on any atom is -0.491 e. The second-order valence-corrected chi connectivity index (χ2v) is 6.23. The van der Waals surface area contributed by atoms with Gasteiger partial charge in [-0.15, -0.1) is 0 Å². The number of carbonyl (C=O) groups is 1. The molecule has 0 aromatic heterocycles. The maximum Gasteiger partial charge on any atom is 0.253 e. The number of amides is 1. The Bertz CT molecular complexity index is 635. The van der Waals surface area contributed by atoms with Crippen molar-refractivity contribution in [3.63, 3.8) is 0 Å². The Hall–Kier alpha value is -2.30. The summed E-state index contributed by atoms with van der Waals surface area (Å²) in [6, 6.07) is 4.98. The Morgan fingerprint density at radius 2 is 2.04 bits per heavy atom. The van der Waals surface area contributed by atoms with Crippen LogP contribution in [0, 0.1) is 5.82 Å². The number of allylic oxidation sites excluding steroid dienone is 2. The minimum atomic E-state index is -0.428. The van der Waals surface area contributed by atoms with E-state index < -0.39 is 5.82 Å². The van der Waals surface area contributed by atoms with Crippen molar-refractivity contribution >= 4 is 5.91 Å². The summed E-state index contributed by atoms with van der Waals surface area (Å²) < 4.78 is 20.1.